The quantitative estimate of drug-likeness (QED) is 0.705. The first kappa shape index (κ1) is 14.0. The maximum atomic E-state index is 12.3. The van der Waals surface area contributed by atoms with Gasteiger partial charge in [0.05, 0.1) is 10.5 Å². The molecule has 1 amide bonds. The summed E-state index contributed by atoms with van der Waals surface area (Å²) >= 11 is 9.57. The maximum Gasteiger partial charge on any atom is 0.274 e. The summed E-state index contributed by atoms with van der Waals surface area (Å²) in [6.07, 6.45) is 0. The number of benzene rings is 2. The topological polar surface area (TPSA) is 42.0 Å². The van der Waals surface area contributed by atoms with Crippen LogP contribution in [0.1, 0.15) is 10.5 Å². The predicted octanol–water partition coefficient (Wildman–Crippen LogP) is 4.90. The molecule has 0 spiro atoms. The van der Waals surface area contributed by atoms with Gasteiger partial charge in [-0.3, -0.25) is 4.79 Å². The Hall–Kier alpha value is -1.91. The fraction of sp³-hybridized carbons (Fsp3) is 0. The third-order valence-electron chi connectivity index (χ3n) is 2.98. The van der Waals surface area contributed by atoms with Crippen molar-refractivity contribution in [3.63, 3.8) is 0 Å². The molecule has 21 heavy (non-hydrogen) atoms. The number of rotatable bonds is 2. The molecule has 0 aliphatic carbocycles. The first-order chi connectivity index (χ1) is 10.1. The van der Waals surface area contributed by atoms with Gasteiger partial charge in [-0.15, -0.1) is 0 Å². The van der Waals surface area contributed by atoms with Gasteiger partial charge < -0.3 is 5.32 Å². The van der Waals surface area contributed by atoms with Crippen molar-refractivity contribution in [2.24, 2.45) is 0 Å². The third kappa shape index (κ3) is 3.06. The molecule has 0 radical (unpaired) electrons. The van der Waals surface area contributed by atoms with E-state index in [1.165, 1.54) is 0 Å². The summed E-state index contributed by atoms with van der Waals surface area (Å²) in [5, 5.41) is 4.15. The molecule has 2 aromatic carbocycles. The summed E-state index contributed by atoms with van der Waals surface area (Å²) in [5.74, 6) is -0.291. The van der Waals surface area contributed by atoms with Crippen molar-refractivity contribution in [1.29, 1.82) is 0 Å². The largest absolute Gasteiger partial charge is 0.321 e. The molecule has 0 aliphatic rings. The number of halogens is 2. The van der Waals surface area contributed by atoms with Crippen LogP contribution in [0.25, 0.3) is 10.9 Å². The first-order valence-electron chi connectivity index (χ1n) is 6.26. The van der Waals surface area contributed by atoms with Gasteiger partial charge in [0, 0.05) is 15.5 Å². The van der Waals surface area contributed by atoms with Crippen LogP contribution in [0.4, 0.5) is 5.69 Å². The van der Waals surface area contributed by atoms with Gasteiger partial charge in [0.1, 0.15) is 5.69 Å². The number of hydrogen-bond donors (Lipinski definition) is 1. The number of pyridine rings is 1. The minimum Gasteiger partial charge on any atom is -0.321 e. The Morgan fingerprint density at radius 1 is 1.10 bits per heavy atom. The van der Waals surface area contributed by atoms with Crippen LogP contribution in [-0.4, -0.2) is 10.9 Å². The fourth-order valence-electron chi connectivity index (χ4n) is 2.01. The zero-order valence-corrected chi connectivity index (χ0v) is 13.1. The molecule has 1 aromatic heterocycles. The van der Waals surface area contributed by atoms with E-state index in [0.29, 0.717) is 21.9 Å². The average Bonchev–Trinajstić information content (AvgIpc) is 2.47. The van der Waals surface area contributed by atoms with Crippen LogP contribution in [0.15, 0.2) is 59.1 Å². The molecule has 5 heteroatoms. The predicted molar refractivity (Wildman–Crippen MR) is 88.8 cm³/mol. The van der Waals surface area contributed by atoms with Crippen molar-refractivity contribution in [1.82, 2.24) is 4.98 Å². The van der Waals surface area contributed by atoms with E-state index >= 15 is 0 Å². The third-order valence-corrected chi connectivity index (χ3v) is 3.79. The molecule has 1 N–H and O–H groups in total. The zero-order chi connectivity index (χ0) is 14.8. The number of anilines is 1. The molecule has 0 bridgehead atoms. The van der Waals surface area contributed by atoms with Crippen LogP contribution >= 0.6 is 27.5 Å². The van der Waals surface area contributed by atoms with Gasteiger partial charge in [-0.2, -0.15) is 0 Å². The summed E-state index contributed by atoms with van der Waals surface area (Å²) in [5.41, 5.74) is 1.68. The molecular formula is C16H10BrClN2O. The lowest BCUT2D eigenvalue weighted by Gasteiger charge is -2.07. The number of fused-ring (bicyclic) bond motifs is 1. The second kappa shape index (κ2) is 5.84. The molecule has 0 atom stereocenters. The Kier molecular flexibility index (Phi) is 3.90. The number of carbonyl (C=O) groups is 1. The van der Waals surface area contributed by atoms with E-state index in [0.717, 1.165) is 9.86 Å². The highest BCUT2D eigenvalue weighted by Gasteiger charge is 2.11. The van der Waals surface area contributed by atoms with E-state index < -0.39 is 0 Å². The molecule has 0 aliphatic heterocycles. The standard InChI is InChI=1S/C16H10BrClN2O/c17-10-4-3-5-11(8-10)19-16(21)15-9-13(18)12-6-1-2-7-14(12)20-15/h1-9H,(H,19,21). The molecule has 0 fully saturated rings. The molecule has 0 saturated carbocycles. The summed E-state index contributed by atoms with van der Waals surface area (Å²) in [4.78, 5) is 16.6. The van der Waals surface area contributed by atoms with Crippen LogP contribution in [0.5, 0.6) is 0 Å². The summed E-state index contributed by atoms with van der Waals surface area (Å²) in [6, 6.07) is 16.4. The number of nitrogens with zero attached hydrogens (tertiary/aromatic N) is 1. The number of aromatic nitrogens is 1. The SMILES string of the molecule is O=C(Nc1cccc(Br)c1)c1cc(Cl)c2ccccc2n1. The Bertz CT molecular complexity index is 835. The van der Waals surface area contributed by atoms with Crippen molar-refractivity contribution in [3.8, 4) is 0 Å². The summed E-state index contributed by atoms with van der Waals surface area (Å²) < 4.78 is 0.893. The fourth-order valence-corrected chi connectivity index (χ4v) is 2.67. The molecule has 3 nitrogen and oxygen atoms in total. The summed E-state index contributed by atoms with van der Waals surface area (Å²) in [6.45, 7) is 0. The number of hydrogen-bond acceptors (Lipinski definition) is 2. The maximum absolute atomic E-state index is 12.3. The van der Waals surface area contributed by atoms with Crippen LogP contribution < -0.4 is 5.32 Å². The van der Waals surface area contributed by atoms with Gasteiger partial charge in [0.2, 0.25) is 0 Å². The van der Waals surface area contributed by atoms with Gasteiger partial charge in [0.25, 0.3) is 5.91 Å². The number of nitrogens with one attached hydrogen (secondary N) is 1. The Balaban J connectivity index is 1.94. The van der Waals surface area contributed by atoms with Crippen LogP contribution in [0.3, 0.4) is 0 Å². The Labute approximate surface area is 135 Å². The lowest BCUT2D eigenvalue weighted by molar-refractivity contribution is 0.102. The van der Waals surface area contributed by atoms with E-state index in [9.17, 15) is 4.79 Å². The second-order valence-electron chi connectivity index (χ2n) is 4.47. The molecule has 104 valence electrons. The number of carbonyl (C=O) groups excluding carboxylic acids is 1. The van der Waals surface area contributed by atoms with E-state index in [-0.39, 0.29) is 5.91 Å². The summed E-state index contributed by atoms with van der Waals surface area (Å²) in [7, 11) is 0. The van der Waals surface area contributed by atoms with Crippen molar-refractivity contribution in [3.05, 3.63) is 69.8 Å². The van der Waals surface area contributed by atoms with Gasteiger partial charge in [-0.1, -0.05) is 51.8 Å². The minimum atomic E-state index is -0.291. The van der Waals surface area contributed by atoms with Gasteiger partial charge >= 0.3 is 0 Å². The van der Waals surface area contributed by atoms with Crippen molar-refractivity contribution < 1.29 is 4.79 Å². The molecule has 3 rings (SSSR count). The normalized spacial score (nSPS) is 10.6. The van der Waals surface area contributed by atoms with Crippen LogP contribution in [0, 0.1) is 0 Å². The lowest BCUT2D eigenvalue weighted by atomic mass is 10.2. The van der Waals surface area contributed by atoms with Crippen LogP contribution in [-0.2, 0) is 0 Å². The monoisotopic (exact) mass is 360 g/mol. The van der Waals surface area contributed by atoms with Crippen LogP contribution in [0.2, 0.25) is 5.02 Å². The molecule has 0 unspecified atom stereocenters. The zero-order valence-electron chi connectivity index (χ0n) is 10.8. The van der Waals surface area contributed by atoms with Gasteiger partial charge in [-0.05, 0) is 30.3 Å². The average molecular weight is 362 g/mol. The van der Waals surface area contributed by atoms with Gasteiger partial charge in [-0.25, -0.2) is 4.98 Å². The number of amides is 1. The highest BCUT2D eigenvalue weighted by atomic mass is 79.9. The van der Waals surface area contributed by atoms with E-state index in [1.807, 2.05) is 48.5 Å². The highest BCUT2D eigenvalue weighted by Crippen LogP contribution is 2.23. The highest BCUT2D eigenvalue weighted by molar-refractivity contribution is 9.10. The molecule has 3 aromatic rings. The Morgan fingerprint density at radius 3 is 2.71 bits per heavy atom. The van der Waals surface area contributed by atoms with E-state index in [4.69, 9.17) is 11.6 Å². The number of para-hydroxylation sites is 1. The van der Waals surface area contributed by atoms with Crippen molar-refractivity contribution in [2.75, 3.05) is 5.32 Å². The van der Waals surface area contributed by atoms with Crippen molar-refractivity contribution in [2.45, 2.75) is 0 Å². The first-order valence-corrected chi connectivity index (χ1v) is 7.43. The Morgan fingerprint density at radius 2 is 1.90 bits per heavy atom. The smallest absolute Gasteiger partial charge is 0.274 e. The van der Waals surface area contributed by atoms with E-state index in [2.05, 4.69) is 26.2 Å². The second-order valence-corrected chi connectivity index (χ2v) is 5.79. The molecule has 0 saturated heterocycles. The van der Waals surface area contributed by atoms with E-state index in [1.54, 1.807) is 6.07 Å². The minimum absolute atomic E-state index is 0.290. The molecule has 1 heterocycles. The molecular weight excluding hydrogens is 352 g/mol. The van der Waals surface area contributed by atoms with Gasteiger partial charge in [0.15, 0.2) is 0 Å². The lowest BCUT2D eigenvalue weighted by Crippen LogP contribution is -2.13. The van der Waals surface area contributed by atoms with Crippen molar-refractivity contribution >= 4 is 50.0 Å².